The van der Waals surface area contributed by atoms with Crippen molar-refractivity contribution in [2.75, 3.05) is 31.6 Å². The summed E-state index contributed by atoms with van der Waals surface area (Å²) in [6, 6.07) is 7.56. The van der Waals surface area contributed by atoms with E-state index in [9.17, 15) is 9.59 Å². The summed E-state index contributed by atoms with van der Waals surface area (Å²) >= 11 is 0. The number of anilines is 1. The third-order valence-electron chi connectivity index (χ3n) is 4.23. The quantitative estimate of drug-likeness (QED) is 0.877. The van der Waals surface area contributed by atoms with E-state index in [1.54, 1.807) is 4.90 Å². The monoisotopic (exact) mass is 304 g/mol. The van der Waals surface area contributed by atoms with Crippen LogP contribution in [-0.2, 0) is 4.79 Å². The molecule has 0 radical (unpaired) electrons. The van der Waals surface area contributed by atoms with Crippen molar-refractivity contribution in [3.63, 3.8) is 0 Å². The van der Waals surface area contributed by atoms with E-state index in [0.717, 1.165) is 25.1 Å². The number of carboxylic acid groups (broad SMARTS) is 1. The lowest BCUT2D eigenvalue weighted by molar-refractivity contribution is -0.141. The largest absolute Gasteiger partial charge is 0.481 e. The average molecular weight is 304 g/mol. The van der Waals surface area contributed by atoms with Gasteiger partial charge in [-0.1, -0.05) is 13.3 Å². The van der Waals surface area contributed by atoms with Crippen molar-refractivity contribution in [3.8, 4) is 0 Å². The van der Waals surface area contributed by atoms with Gasteiger partial charge in [0, 0.05) is 37.9 Å². The first-order chi connectivity index (χ1) is 10.5. The Morgan fingerprint density at radius 1 is 1.32 bits per heavy atom. The summed E-state index contributed by atoms with van der Waals surface area (Å²) in [5, 5.41) is 9.01. The third-order valence-corrected chi connectivity index (χ3v) is 4.23. The fraction of sp³-hybridized carbons (Fsp3) is 0.529. The first kappa shape index (κ1) is 16.3. The van der Waals surface area contributed by atoms with Gasteiger partial charge in [0.15, 0.2) is 0 Å². The van der Waals surface area contributed by atoms with Crippen LogP contribution in [0.1, 0.15) is 36.5 Å². The summed E-state index contributed by atoms with van der Waals surface area (Å²) in [6.45, 7) is 3.99. The molecule has 1 fully saturated rings. The number of carbonyl (C=O) groups excluding carboxylic acids is 1. The second-order valence-corrected chi connectivity index (χ2v) is 5.90. The van der Waals surface area contributed by atoms with E-state index in [1.165, 1.54) is 0 Å². The highest BCUT2D eigenvalue weighted by Crippen LogP contribution is 2.20. The molecule has 1 amide bonds. The van der Waals surface area contributed by atoms with Crippen molar-refractivity contribution in [2.24, 2.45) is 5.92 Å². The third kappa shape index (κ3) is 3.78. The zero-order valence-corrected chi connectivity index (χ0v) is 13.3. The van der Waals surface area contributed by atoms with Gasteiger partial charge in [0.05, 0.1) is 5.92 Å². The van der Waals surface area contributed by atoms with Crippen LogP contribution in [0.2, 0.25) is 0 Å². The van der Waals surface area contributed by atoms with Gasteiger partial charge in [0.2, 0.25) is 0 Å². The maximum atomic E-state index is 12.4. The van der Waals surface area contributed by atoms with Gasteiger partial charge in [0.1, 0.15) is 0 Å². The molecule has 0 aliphatic carbocycles. The Morgan fingerprint density at radius 2 is 2.00 bits per heavy atom. The number of hydrogen-bond donors (Lipinski definition) is 1. The van der Waals surface area contributed by atoms with Gasteiger partial charge in [0.25, 0.3) is 5.91 Å². The van der Waals surface area contributed by atoms with E-state index in [0.29, 0.717) is 25.1 Å². The molecule has 1 aliphatic heterocycles. The molecule has 22 heavy (non-hydrogen) atoms. The Hall–Kier alpha value is -2.04. The van der Waals surface area contributed by atoms with Crippen molar-refractivity contribution in [1.29, 1.82) is 0 Å². The summed E-state index contributed by atoms with van der Waals surface area (Å²) < 4.78 is 0. The summed E-state index contributed by atoms with van der Waals surface area (Å²) in [4.78, 5) is 27.2. The van der Waals surface area contributed by atoms with Gasteiger partial charge in [-0.3, -0.25) is 9.59 Å². The van der Waals surface area contributed by atoms with Gasteiger partial charge in [-0.15, -0.1) is 0 Å². The highest BCUT2D eigenvalue weighted by molar-refractivity contribution is 5.95. The van der Waals surface area contributed by atoms with Crippen LogP contribution in [0, 0.1) is 5.92 Å². The lowest BCUT2D eigenvalue weighted by atomic mass is 10.1. The number of carboxylic acids is 1. The maximum absolute atomic E-state index is 12.4. The lowest BCUT2D eigenvalue weighted by Crippen LogP contribution is -2.30. The molecule has 1 heterocycles. The number of unbranched alkanes of at least 4 members (excludes halogenated alkanes) is 1. The molecule has 1 aromatic carbocycles. The Kier molecular flexibility index (Phi) is 5.41. The van der Waals surface area contributed by atoms with Crippen molar-refractivity contribution >= 4 is 17.6 Å². The molecule has 1 N–H and O–H groups in total. The molecule has 120 valence electrons. The minimum atomic E-state index is -0.816. The molecule has 1 saturated heterocycles. The Morgan fingerprint density at radius 3 is 2.55 bits per heavy atom. The molecular weight excluding hydrogens is 280 g/mol. The highest BCUT2D eigenvalue weighted by atomic mass is 16.4. The van der Waals surface area contributed by atoms with Crippen molar-refractivity contribution in [3.05, 3.63) is 29.8 Å². The van der Waals surface area contributed by atoms with Crippen LogP contribution < -0.4 is 4.90 Å². The normalized spacial score (nSPS) is 17.5. The predicted octanol–water partition coefficient (Wildman–Crippen LogP) is 2.47. The van der Waals surface area contributed by atoms with E-state index in [1.807, 2.05) is 31.3 Å². The predicted molar refractivity (Wildman–Crippen MR) is 86.3 cm³/mol. The molecule has 0 aromatic heterocycles. The molecule has 0 spiro atoms. The molecule has 1 atom stereocenters. The summed E-state index contributed by atoms with van der Waals surface area (Å²) in [7, 11) is 2.05. The van der Waals surface area contributed by atoms with Gasteiger partial charge in [-0.05, 0) is 37.1 Å². The van der Waals surface area contributed by atoms with Crippen LogP contribution in [0.15, 0.2) is 24.3 Å². The zero-order valence-electron chi connectivity index (χ0n) is 13.3. The first-order valence-electron chi connectivity index (χ1n) is 7.86. The number of carbonyl (C=O) groups is 2. The average Bonchev–Trinajstić information content (AvgIpc) is 3.02. The molecule has 0 saturated carbocycles. The van der Waals surface area contributed by atoms with Gasteiger partial charge < -0.3 is 14.9 Å². The molecule has 1 unspecified atom stereocenters. The van der Waals surface area contributed by atoms with E-state index < -0.39 is 11.9 Å². The molecule has 0 bridgehead atoms. The Labute approximate surface area is 131 Å². The van der Waals surface area contributed by atoms with Crippen molar-refractivity contribution < 1.29 is 14.7 Å². The first-order valence-corrected chi connectivity index (χ1v) is 7.86. The van der Waals surface area contributed by atoms with Crippen LogP contribution >= 0.6 is 0 Å². The number of benzene rings is 1. The van der Waals surface area contributed by atoms with Gasteiger partial charge >= 0.3 is 5.97 Å². The molecule has 5 nitrogen and oxygen atoms in total. The number of amides is 1. The Balaban J connectivity index is 1.98. The van der Waals surface area contributed by atoms with Crippen LogP contribution in [0.25, 0.3) is 0 Å². The van der Waals surface area contributed by atoms with Crippen LogP contribution in [0.4, 0.5) is 5.69 Å². The number of aliphatic carboxylic acids is 1. The summed E-state index contributed by atoms with van der Waals surface area (Å²) in [5.41, 5.74) is 1.72. The molecule has 1 aromatic rings. The number of nitrogens with zero attached hydrogens (tertiary/aromatic N) is 2. The highest BCUT2D eigenvalue weighted by Gasteiger charge is 2.31. The van der Waals surface area contributed by atoms with Crippen molar-refractivity contribution in [1.82, 2.24) is 4.90 Å². The molecule has 1 aliphatic rings. The lowest BCUT2D eigenvalue weighted by Gasteiger charge is -2.20. The smallest absolute Gasteiger partial charge is 0.308 e. The standard InChI is InChI=1S/C17H24N2O3/c1-3-4-10-18(2)15-7-5-13(6-8-15)16(20)19-11-9-14(12-19)17(21)22/h5-8,14H,3-4,9-12H2,1-2H3,(H,21,22). The fourth-order valence-corrected chi connectivity index (χ4v) is 2.71. The maximum Gasteiger partial charge on any atom is 0.308 e. The summed E-state index contributed by atoms with van der Waals surface area (Å²) in [5.74, 6) is -1.32. The van der Waals surface area contributed by atoms with E-state index >= 15 is 0 Å². The van der Waals surface area contributed by atoms with Gasteiger partial charge in [-0.2, -0.15) is 0 Å². The molecule has 2 rings (SSSR count). The Bertz CT molecular complexity index is 527. The number of rotatable bonds is 6. The SMILES string of the molecule is CCCCN(C)c1ccc(C(=O)N2CCC(C(=O)O)C2)cc1. The van der Waals surface area contributed by atoms with E-state index in [4.69, 9.17) is 5.11 Å². The van der Waals surface area contributed by atoms with Crippen LogP contribution in [0.3, 0.4) is 0 Å². The number of hydrogen-bond acceptors (Lipinski definition) is 3. The molecule has 5 heteroatoms. The molecular formula is C17H24N2O3. The van der Waals surface area contributed by atoms with Crippen LogP contribution in [0.5, 0.6) is 0 Å². The van der Waals surface area contributed by atoms with Crippen LogP contribution in [-0.4, -0.2) is 48.6 Å². The van der Waals surface area contributed by atoms with Crippen molar-refractivity contribution in [2.45, 2.75) is 26.2 Å². The minimum Gasteiger partial charge on any atom is -0.481 e. The minimum absolute atomic E-state index is 0.0773. The van der Waals surface area contributed by atoms with E-state index in [-0.39, 0.29) is 5.91 Å². The zero-order chi connectivity index (χ0) is 16.1. The van der Waals surface area contributed by atoms with E-state index in [2.05, 4.69) is 11.8 Å². The second-order valence-electron chi connectivity index (χ2n) is 5.90. The topological polar surface area (TPSA) is 60.9 Å². The van der Waals surface area contributed by atoms with Gasteiger partial charge in [-0.25, -0.2) is 0 Å². The second kappa shape index (κ2) is 7.29. The number of likely N-dealkylation sites (tertiary alicyclic amines) is 1. The fourth-order valence-electron chi connectivity index (χ4n) is 2.71. The summed E-state index contributed by atoms with van der Waals surface area (Å²) in [6.07, 6.45) is 2.83.